The van der Waals surface area contributed by atoms with Gasteiger partial charge in [-0.2, -0.15) is 0 Å². The zero-order valence-electron chi connectivity index (χ0n) is 17.5. The van der Waals surface area contributed by atoms with Crippen molar-refractivity contribution in [2.45, 2.75) is 4.90 Å². The summed E-state index contributed by atoms with van der Waals surface area (Å²) >= 11 is 1.62. The Morgan fingerprint density at radius 1 is 0.818 bits per heavy atom. The number of esters is 1. The molecule has 0 spiro atoms. The molecule has 3 aromatic carbocycles. The highest BCUT2D eigenvalue weighted by Gasteiger charge is 2.27. The molecule has 6 rings (SSSR count). The van der Waals surface area contributed by atoms with E-state index in [0.29, 0.717) is 11.3 Å². The van der Waals surface area contributed by atoms with Crippen molar-refractivity contribution in [1.82, 2.24) is 9.55 Å². The van der Waals surface area contributed by atoms with Crippen molar-refractivity contribution in [3.63, 3.8) is 0 Å². The van der Waals surface area contributed by atoms with Gasteiger partial charge in [0.15, 0.2) is 5.76 Å². The lowest BCUT2D eigenvalue weighted by Gasteiger charge is -2.15. The number of para-hydroxylation sites is 1. The highest BCUT2D eigenvalue weighted by Crippen LogP contribution is 2.47. The second kappa shape index (κ2) is 8.11. The number of carbonyl (C=O) groups excluding carboxylic acids is 1. The van der Waals surface area contributed by atoms with Crippen LogP contribution in [0, 0.1) is 0 Å². The fourth-order valence-electron chi connectivity index (χ4n) is 4.13. The van der Waals surface area contributed by atoms with E-state index in [4.69, 9.17) is 4.74 Å². The highest BCUT2D eigenvalue weighted by molar-refractivity contribution is 8.08. The second-order valence-electron chi connectivity index (χ2n) is 7.64. The Kier molecular flexibility index (Phi) is 4.82. The molecule has 0 saturated heterocycles. The SMILES string of the molecule is O=C(OC1=C(c2cccc3ccccc23)Sc2ccccc2-n2cccc21)c1ccncc1. The van der Waals surface area contributed by atoms with Gasteiger partial charge in [-0.3, -0.25) is 4.98 Å². The lowest BCUT2D eigenvalue weighted by Crippen LogP contribution is -2.08. The van der Waals surface area contributed by atoms with E-state index in [2.05, 4.69) is 45.9 Å². The molecular weight excluding hydrogens is 428 g/mol. The molecule has 0 atom stereocenters. The molecule has 0 radical (unpaired) electrons. The molecule has 5 aromatic rings. The van der Waals surface area contributed by atoms with Gasteiger partial charge in [0.1, 0.15) is 0 Å². The van der Waals surface area contributed by atoms with Crippen molar-refractivity contribution in [2.24, 2.45) is 0 Å². The number of thioether (sulfide) groups is 1. The Balaban J connectivity index is 1.62. The first-order valence-electron chi connectivity index (χ1n) is 10.6. The van der Waals surface area contributed by atoms with E-state index in [9.17, 15) is 4.79 Å². The maximum Gasteiger partial charge on any atom is 0.343 e. The molecule has 0 fully saturated rings. The van der Waals surface area contributed by atoms with Crippen LogP contribution < -0.4 is 0 Å². The van der Waals surface area contributed by atoms with Crippen LogP contribution in [0.4, 0.5) is 0 Å². The average Bonchev–Trinajstić information content (AvgIpc) is 3.31. The number of pyridine rings is 1. The minimum Gasteiger partial charge on any atom is -0.419 e. The maximum absolute atomic E-state index is 13.2. The lowest BCUT2D eigenvalue weighted by atomic mass is 10.0. The summed E-state index contributed by atoms with van der Waals surface area (Å²) in [5, 5.41) is 2.24. The molecule has 2 aromatic heterocycles. The summed E-state index contributed by atoms with van der Waals surface area (Å²) in [6.07, 6.45) is 5.19. The number of fused-ring (bicyclic) bond motifs is 4. The normalized spacial score (nSPS) is 12.7. The molecule has 0 bridgehead atoms. The van der Waals surface area contributed by atoms with Crippen molar-refractivity contribution in [3.8, 4) is 5.69 Å². The van der Waals surface area contributed by atoms with Gasteiger partial charge in [0.25, 0.3) is 0 Å². The third-order valence-electron chi connectivity index (χ3n) is 5.67. The van der Waals surface area contributed by atoms with Crippen LogP contribution in [0.1, 0.15) is 21.6 Å². The first-order chi connectivity index (χ1) is 16.3. The van der Waals surface area contributed by atoms with Gasteiger partial charge < -0.3 is 9.30 Å². The summed E-state index contributed by atoms with van der Waals surface area (Å²) in [5.41, 5.74) is 3.37. The second-order valence-corrected chi connectivity index (χ2v) is 8.70. The Morgan fingerprint density at radius 2 is 1.61 bits per heavy atom. The summed E-state index contributed by atoms with van der Waals surface area (Å²) < 4.78 is 8.24. The van der Waals surface area contributed by atoms with Crippen molar-refractivity contribution in [3.05, 3.63) is 126 Å². The van der Waals surface area contributed by atoms with Gasteiger partial charge in [0.2, 0.25) is 0 Å². The molecule has 0 amide bonds. The van der Waals surface area contributed by atoms with E-state index in [0.717, 1.165) is 37.5 Å². The zero-order chi connectivity index (χ0) is 22.2. The number of nitrogens with zero attached hydrogens (tertiary/aromatic N) is 2. The molecule has 1 aliphatic heterocycles. The maximum atomic E-state index is 13.2. The highest BCUT2D eigenvalue weighted by atomic mass is 32.2. The molecule has 3 heterocycles. The van der Waals surface area contributed by atoms with Crippen molar-refractivity contribution in [2.75, 3.05) is 0 Å². The number of rotatable bonds is 3. The quantitative estimate of drug-likeness (QED) is 0.286. The molecule has 0 saturated carbocycles. The van der Waals surface area contributed by atoms with Gasteiger partial charge >= 0.3 is 5.97 Å². The summed E-state index contributed by atoms with van der Waals surface area (Å²) in [4.78, 5) is 19.2. The number of aromatic nitrogens is 2. The fraction of sp³-hybridized carbons (Fsp3) is 0. The minimum atomic E-state index is -0.413. The smallest absolute Gasteiger partial charge is 0.343 e. The van der Waals surface area contributed by atoms with Crippen molar-refractivity contribution >= 4 is 39.2 Å². The van der Waals surface area contributed by atoms with Crippen LogP contribution in [0.15, 0.2) is 114 Å². The van der Waals surface area contributed by atoms with Gasteiger partial charge in [-0.05, 0) is 47.2 Å². The van der Waals surface area contributed by atoms with E-state index in [1.54, 1.807) is 36.3 Å². The number of hydrogen-bond donors (Lipinski definition) is 0. The predicted molar refractivity (Wildman–Crippen MR) is 132 cm³/mol. The third-order valence-corrected chi connectivity index (χ3v) is 6.84. The van der Waals surface area contributed by atoms with Crippen LogP contribution in [-0.2, 0) is 4.74 Å². The van der Waals surface area contributed by atoms with Crippen LogP contribution in [0.3, 0.4) is 0 Å². The zero-order valence-corrected chi connectivity index (χ0v) is 18.3. The van der Waals surface area contributed by atoms with Gasteiger partial charge in [-0.1, -0.05) is 66.4 Å². The van der Waals surface area contributed by atoms with E-state index in [-0.39, 0.29) is 0 Å². The van der Waals surface area contributed by atoms with Crippen LogP contribution in [0.2, 0.25) is 0 Å². The molecule has 5 heteroatoms. The number of carbonyl (C=O) groups is 1. The van der Waals surface area contributed by atoms with E-state index < -0.39 is 5.97 Å². The average molecular weight is 447 g/mol. The summed E-state index contributed by atoms with van der Waals surface area (Å²) in [6, 6.07) is 30.0. The first kappa shape index (κ1) is 19.6. The Morgan fingerprint density at radius 3 is 2.52 bits per heavy atom. The molecule has 158 valence electrons. The summed E-state index contributed by atoms with van der Waals surface area (Å²) in [6.45, 7) is 0. The van der Waals surface area contributed by atoms with Crippen molar-refractivity contribution in [1.29, 1.82) is 0 Å². The van der Waals surface area contributed by atoms with Gasteiger partial charge in [0.05, 0.1) is 21.8 Å². The van der Waals surface area contributed by atoms with Crippen LogP contribution in [0.25, 0.3) is 27.1 Å². The van der Waals surface area contributed by atoms with E-state index in [1.807, 2.05) is 48.7 Å². The third kappa shape index (κ3) is 3.43. The predicted octanol–water partition coefficient (Wildman–Crippen LogP) is 6.81. The molecule has 0 unspecified atom stereocenters. The van der Waals surface area contributed by atoms with Crippen LogP contribution in [-0.4, -0.2) is 15.5 Å². The van der Waals surface area contributed by atoms with Crippen LogP contribution >= 0.6 is 11.8 Å². The Bertz CT molecular complexity index is 1530. The van der Waals surface area contributed by atoms with E-state index >= 15 is 0 Å². The van der Waals surface area contributed by atoms with E-state index in [1.165, 1.54) is 0 Å². The summed E-state index contributed by atoms with van der Waals surface area (Å²) in [5.74, 6) is 0.129. The fourth-order valence-corrected chi connectivity index (χ4v) is 5.29. The molecule has 4 nitrogen and oxygen atoms in total. The van der Waals surface area contributed by atoms with Crippen LogP contribution in [0.5, 0.6) is 0 Å². The van der Waals surface area contributed by atoms with Gasteiger partial charge in [-0.15, -0.1) is 0 Å². The molecular formula is C28H18N2O2S. The first-order valence-corrected chi connectivity index (χ1v) is 11.4. The van der Waals surface area contributed by atoms with Crippen molar-refractivity contribution < 1.29 is 9.53 Å². The standard InChI is InChI=1S/C28H18N2O2S/c31-28(20-14-16-29-17-15-20)32-26-24-12-6-18-30(24)23-11-3-4-13-25(23)33-27(26)22-10-5-8-19-7-1-2-9-21(19)22/h1-18H. The Labute approximate surface area is 195 Å². The Hall–Kier alpha value is -4.09. The molecule has 1 aliphatic rings. The molecule has 0 aliphatic carbocycles. The molecule has 33 heavy (non-hydrogen) atoms. The number of hydrogen-bond acceptors (Lipinski definition) is 4. The largest absolute Gasteiger partial charge is 0.419 e. The summed E-state index contributed by atoms with van der Waals surface area (Å²) in [7, 11) is 0. The monoisotopic (exact) mass is 446 g/mol. The lowest BCUT2D eigenvalue weighted by molar-refractivity contribution is 0.0692. The minimum absolute atomic E-state index is 0.413. The van der Waals surface area contributed by atoms with Gasteiger partial charge in [-0.25, -0.2) is 4.79 Å². The topological polar surface area (TPSA) is 44.1 Å². The number of ether oxygens (including phenoxy) is 1. The van der Waals surface area contributed by atoms with Gasteiger partial charge in [0, 0.05) is 29.0 Å². The number of benzene rings is 3. The molecule has 0 N–H and O–H groups in total.